The van der Waals surface area contributed by atoms with Gasteiger partial charge in [-0.1, -0.05) is 62.4 Å². The van der Waals surface area contributed by atoms with E-state index in [9.17, 15) is 19.8 Å². The number of carboxylic acid groups (broad SMARTS) is 1. The highest BCUT2D eigenvalue weighted by atomic mass is 16.4. The van der Waals surface area contributed by atoms with Crippen molar-refractivity contribution < 1.29 is 24.9 Å². The Morgan fingerprint density at radius 2 is 1.50 bits per heavy atom. The zero-order valence-electron chi connectivity index (χ0n) is 14.1. The summed E-state index contributed by atoms with van der Waals surface area (Å²) in [6, 6.07) is 8.79. The maximum atomic E-state index is 12.1. The Kier molecular flexibility index (Phi) is 9.96. The van der Waals surface area contributed by atoms with Crippen molar-refractivity contribution in [3.05, 3.63) is 35.9 Å². The van der Waals surface area contributed by atoms with Crippen molar-refractivity contribution in [1.29, 1.82) is 0 Å². The molecule has 5 nitrogen and oxygen atoms in total. The molecule has 0 fully saturated rings. The summed E-state index contributed by atoms with van der Waals surface area (Å²) in [5.74, 6) is -1.67. The number of hydrogen-bond acceptors (Lipinski definition) is 4. The summed E-state index contributed by atoms with van der Waals surface area (Å²) in [4.78, 5) is 23.5. The smallest absolute Gasteiger partial charge is 0.306 e. The van der Waals surface area contributed by atoms with Gasteiger partial charge in [-0.25, -0.2) is 0 Å². The number of aliphatic hydroxyl groups excluding tert-OH is 2. The molecule has 5 heteroatoms. The van der Waals surface area contributed by atoms with Crippen molar-refractivity contribution in [2.75, 3.05) is 6.61 Å². The van der Waals surface area contributed by atoms with Crippen LogP contribution in [-0.2, 0) is 4.79 Å². The molecular weight excluding hydrogens is 308 g/mol. The Hall–Kier alpha value is -1.72. The van der Waals surface area contributed by atoms with Crippen molar-refractivity contribution in [3.8, 4) is 0 Å². The van der Waals surface area contributed by atoms with Gasteiger partial charge in [-0.2, -0.15) is 0 Å². The van der Waals surface area contributed by atoms with Crippen molar-refractivity contribution in [1.82, 2.24) is 0 Å². The summed E-state index contributed by atoms with van der Waals surface area (Å²) in [5.41, 5.74) is 0.561. The van der Waals surface area contributed by atoms with Gasteiger partial charge in [0.2, 0.25) is 0 Å². The number of ketones is 1. The van der Waals surface area contributed by atoms with Crippen LogP contribution in [-0.4, -0.2) is 39.8 Å². The molecule has 1 rings (SSSR count). The Balaban J connectivity index is 2.24. The first-order valence-electron chi connectivity index (χ1n) is 8.64. The average molecular weight is 336 g/mol. The molecule has 1 aromatic rings. The lowest BCUT2D eigenvalue weighted by atomic mass is 9.93. The standard InChI is InChI=1S/C19H28O5/c20-14-17(21)12-8-3-1-2-5-11-16(19(23)24)13-18(22)15-9-6-4-7-10-15/h4,6-7,9-10,16-17,20-21H,1-3,5,8,11-14H2,(H,23,24). The topological polar surface area (TPSA) is 94.8 Å². The van der Waals surface area contributed by atoms with Crippen molar-refractivity contribution >= 4 is 11.8 Å². The fraction of sp³-hybridized carbons (Fsp3) is 0.579. The van der Waals surface area contributed by atoms with Gasteiger partial charge < -0.3 is 15.3 Å². The fourth-order valence-electron chi connectivity index (χ4n) is 2.67. The minimum atomic E-state index is -0.912. The minimum absolute atomic E-state index is 0.0437. The van der Waals surface area contributed by atoms with Crippen LogP contribution < -0.4 is 0 Å². The zero-order valence-corrected chi connectivity index (χ0v) is 14.1. The second kappa shape index (κ2) is 11.8. The molecule has 0 saturated carbocycles. The van der Waals surface area contributed by atoms with E-state index in [0.29, 0.717) is 18.4 Å². The second-order valence-corrected chi connectivity index (χ2v) is 6.21. The number of carbonyl (C=O) groups excluding carboxylic acids is 1. The normalized spacial score (nSPS) is 13.4. The molecule has 1 aromatic carbocycles. The van der Waals surface area contributed by atoms with Crippen LogP contribution in [0.5, 0.6) is 0 Å². The Labute approximate surface area is 143 Å². The van der Waals surface area contributed by atoms with Gasteiger partial charge in [0, 0.05) is 12.0 Å². The van der Waals surface area contributed by atoms with E-state index in [-0.39, 0.29) is 18.8 Å². The highest BCUT2D eigenvalue weighted by molar-refractivity contribution is 5.97. The van der Waals surface area contributed by atoms with Crippen LogP contribution in [0.1, 0.15) is 61.7 Å². The second-order valence-electron chi connectivity index (χ2n) is 6.21. The number of rotatable bonds is 13. The van der Waals surface area contributed by atoms with Gasteiger partial charge in [-0.05, 0) is 12.8 Å². The van der Waals surface area contributed by atoms with Crippen LogP contribution in [0.4, 0.5) is 0 Å². The molecule has 0 aliphatic carbocycles. The molecule has 0 bridgehead atoms. The molecule has 0 saturated heterocycles. The summed E-state index contributed by atoms with van der Waals surface area (Å²) in [6.45, 7) is -0.199. The largest absolute Gasteiger partial charge is 0.481 e. The third-order valence-electron chi connectivity index (χ3n) is 4.18. The van der Waals surface area contributed by atoms with E-state index in [1.165, 1.54) is 0 Å². The summed E-state index contributed by atoms with van der Waals surface area (Å²) >= 11 is 0. The highest BCUT2D eigenvalue weighted by Crippen LogP contribution is 2.18. The Morgan fingerprint density at radius 3 is 2.08 bits per heavy atom. The monoisotopic (exact) mass is 336 g/mol. The lowest BCUT2D eigenvalue weighted by Gasteiger charge is -2.11. The predicted molar refractivity (Wildman–Crippen MR) is 91.9 cm³/mol. The van der Waals surface area contributed by atoms with E-state index >= 15 is 0 Å². The molecule has 3 N–H and O–H groups in total. The number of aliphatic hydroxyl groups is 2. The first kappa shape index (κ1) is 20.3. The number of Topliss-reactive ketones (excluding diaryl/α,β-unsaturated/α-hetero) is 1. The first-order valence-corrected chi connectivity index (χ1v) is 8.64. The SMILES string of the molecule is O=C(CC(CCCCCCCC(O)CO)C(=O)O)c1ccccc1. The first-order chi connectivity index (χ1) is 11.5. The van der Waals surface area contributed by atoms with Crippen molar-refractivity contribution in [2.24, 2.45) is 5.92 Å². The maximum absolute atomic E-state index is 12.1. The van der Waals surface area contributed by atoms with Crippen LogP contribution in [0.3, 0.4) is 0 Å². The fourth-order valence-corrected chi connectivity index (χ4v) is 2.67. The minimum Gasteiger partial charge on any atom is -0.481 e. The summed E-state index contributed by atoms with van der Waals surface area (Å²) < 4.78 is 0. The number of hydrogen-bond donors (Lipinski definition) is 3. The van der Waals surface area contributed by atoms with Crippen LogP contribution >= 0.6 is 0 Å². The van der Waals surface area contributed by atoms with Crippen molar-refractivity contribution in [3.63, 3.8) is 0 Å². The summed E-state index contributed by atoms with van der Waals surface area (Å²) in [7, 11) is 0. The van der Waals surface area contributed by atoms with E-state index in [0.717, 1.165) is 32.1 Å². The lowest BCUT2D eigenvalue weighted by Crippen LogP contribution is -2.18. The molecule has 0 aliphatic rings. The van der Waals surface area contributed by atoms with E-state index < -0.39 is 18.0 Å². The summed E-state index contributed by atoms with van der Waals surface area (Å²) in [5, 5.41) is 27.2. The molecule has 0 radical (unpaired) electrons. The van der Waals surface area contributed by atoms with Crippen LogP contribution in [0.2, 0.25) is 0 Å². The van der Waals surface area contributed by atoms with E-state index in [1.807, 2.05) is 6.07 Å². The molecule has 2 unspecified atom stereocenters. The molecule has 0 spiro atoms. The van der Waals surface area contributed by atoms with E-state index in [2.05, 4.69) is 0 Å². The number of benzene rings is 1. The maximum Gasteiger partial charge on any atom is 0.306 e. The lowest BCUT2D eigenvalue weighted by molar-refractivity contribution is -0.141. The number of aliphatic carboxylic acids is 1. The van der Waals surface area contributed by atoms with E-state index in [4.69, 9.17) is 5.11 Å². The highest BCUT2D eigenvalue weighted by Gasteiger charge is 2.21. The average Bonchev–Trinajstić information content (AvgIpc) is 2.59. The number of unbranched alkanes of at least 4 members (excludes halogenated alkanes) is 4. The molecular formula is C19H28O5. The van der Waals surface area contributed by atoms with E-state index in [1.54, 1.807) is 24.3 Å². The quantitative estimate of drug-likeness (QED) is 0.380. The van der Waals surface area contributed by atoms with Crippen LogP contribution in [0, 0.1) is 5.92 Å². The Morgan fingerprint density at radius 1 is 0.917 bits per heavy atom. The van der Waals surface area contributed by atoms with Gasteiger partial charge in [-0.15, -0.1) is 0 Å². The third kappa shape index (κ3) is 8.22. The molecule has 24 heavy (non-hydrogen) atoms. The number of carboxylic acids is 1. The molecule has 134 valence electrons. The summed E-state index contributed by atoms with van der Waals surface area (Å²) in [6.07, 6.45) is 4.99. The number of carbonyl (C=O) groups is 2. The van der Waals surface area contributed by atoms with Gasteiger partial charge in [0.15, 0.2) is 5.78 Å². The molecule has 0 heterocycles. The van der Waals surface area contributed by atoms with Gasteiger partial charge >= 0.3 is 5.97 Å². The predicted octanol–water partition coefficient (Wildman–Crippen LogP) is 3.04. The molecule has 0 amide bonds. The Bertz CT molecular complexity index is 486. The van der Waals surface area contributed by atoms with Gasteiger partial charge in [-0.3, -0.25) is 9.59 Å². The molecule has 2 atom stereocenters. The van der Waals surface area contributed by atoms with Gasteiger partial charge in [0.25, 0.3) is 0 Å². The zero-order chi connectivity index (χ0) is 17.8. The van der Waals surface area contributed by atoms with Gasteiger partial charge in [0.05, 0.1) is 18.6 Å². The third-order valence-corrected chi connectivity index (χ3v) is 4.18. The van der Waals surface area contributed by atoms with Crippen molar-refractivity contribution in [2.45, 2.75) is 57.5 Å². The molecule has 0 aliphatic heterocycles. The molecule has 0 aromatic heterocycles. The van der Waals surface area contributed by atoms with Gasteiger partial charge in [0.1, 0.15) is 0 Å². The van der Waals surface area contributed by atoms with Crippen LogP contribution in [0.15, 0.2) is 30.3 Å². The van der Waals surface area contributed by atoms with Crippen LogP contribution in [0.25, 0.3) is 0 Å².